The first-order valence-electron chi connectivity index (χ1n) is 5.89. The highest BCUT2D eigenvalue weighted by molar-refractivity contribution is 9.10. The predicted octanol–water partition coefficient (Wildman–Crippen LogP) is 3.42. The number of aromatic nitrogens is 2. The Kier molecular flexibility index (Phi) is 3.94. The first-order chi connectivity index (χ1) is 8.22. The summed E-state index contributed by atoms with van der Waals surface area (Å²) in [6.07, 6.45) is 4.24. The maximum atomic E-state index is 11.9. The number of aromatic amines is 1. The number of hydrogen-bond acceptors (Lipinski definition) is 2. The molecule has 0 aliphatic heterocycles. The molecule has 0 radical (unpaired) electrons. The Bertz CT molecular complexity index is 577. The van der Waals surface area contributed by atoms with Crippen LogP contribution in [0.3, 0.4) is 0 Å². The molecule has 0 saturated carbocycles. The summed E-state index contributed by atoms with van der Waals surface area (Å²) in [5.74, 6) is 0.786. The van der Waals surface area contributed by atoms with Gasteiger partial charge >= 0.3 is 0 Å². The van der Waals surface area contributed by atoms with Gasteiger partial charge in [-0.3, -0.25) is 4.79 Å². The molecule has 2 rings (SSSR count). The molecule has 1 aromatic heterocycles. The van der Waals surface area contributed by atoms with E-state index in [-0.39, 0.29) is 5.56 Å². The fraction of sp³-hybridized carbons (Fsp3) is 0.385. The summed E-state index contributed by atoms with van der Waals surface area (Å²) >= 11 is 3.38. The molecule has 1 heterocycles. The van der Waals surface area contributed by atoms with Crippen molar-refractivity contribution in [2.75, 3.05) is 0 Å². The van der Waals surface area contributed by atoms with Crippen LogP contribution in [-0.2, 0) is 6.42 Å². The zero-order chi connectivity index (χ0) is 12.3. The Balaban J connectivity index is 2.39. The first-order valence-corrected chi connectivity index (χ1v) is 6.69. The highest BCUT2D eigenvalue weighted by Crippen LogP contribution is 2.18. The zero-order valence-corrected chi connectivity index (χ0v) is 11.4. The van der Waals surface area contributed by atoms with Crippen LogP contribution in [0, 0.1) is 0 Å². The van der Waals surface area contributed by atoms with E-state index in [1.54, 1.807) is 0 Å². The molecule has 90 valence electrons. The van der Waals surface area contributed by atoms with Crippen molar-refractivity contribution in [3.05, 3.63) is 38.9 Å². The number of rotatable bonds is 4. The number of H-pyrrole nitrogens is 1. The Morgan fingerprint density at radius 2 is 2.18 bits per heavy atom. The van der Waals surface area contributed by atoms with Gasteiger partial charge in [0.2, 0.25) is 0 Å². The topological polar surface area (TPSA) is 45.8 Å². The van der Waals surface area contributed by atoms with Crippen LogP contribution in [0.1, 0.15) is 32.0 Å². The van der Waals surface area contributed by atoms with E-state index in [0.29, 0.717) is 5.39 Å². The molecule has 0 bridgehead atoms. The quantitative estimate of drug-likeness (QED) is 0.878. The van der Waals surface area contributed by atoms with E-state index in [0.717, 1.165) is 28.7 Å². The van der Waals surface area contributed by atoms with Gasteiger partial charge in [-0.1, -0.05) is 25.8 Å². The summed E-state index contributed by atoms with van der Waals surface area (Å²) < 4.78 is 0.795. The molecule has 17 heavy (non-hydrogen) atoms. The van der Waals surface area contributed by atoms with E-state index in [2.05, 4.69) is 32.8 Å². The Labute approximate surface area is 108 Å². The molecule has 0 fully saturated rings. The second-order valence-electron chi connectivity index (χ2n) is 4.10. The number of aryl methyl sites for hydroxylation is 1. The molecule has 1 N–H and O–H groups in total. The molecule has 0 spiro atoms. The fourth-order valence-electron chi connectivity index (χ4n) is 1.86. The van der Waals surface area contributed by atoms with Crippen LogP contribution in [0.2, 0.25) is 0 Å². The summed E-state index contributed by atoms with van der Waals surface area (Å²) in [7, 11) is 0. The van der Waals surface area contributed by atoms with E-state index in [1.807, 2.05) is 18.2 Å². The van der Waals surface area contributed by atoms with E-state index in [4.69, 9.17) is 0 Å². The highest BCUT2D eigenvalue weighted by Gasteiger charge is 2.06. The van der Waals surface area contributed by atoms with Crippen molar-refractivity contribution in [2.45, 2.75) is 32.6 Å². The predicted molar refractivity (Wildman–Crippen MR) is 73.3 cm³/mol. The second kappa shape index (κ2) is 5.45. The van der Waals surface area contributed by atoms with Crippen molar-refractivity contribution in [2.24, 2.45) is 0 Å². The van der Waals surface area contributed by atoms with Gasteiger partial charge in [-0.2, -0.15) is 0 Å². The van der Waals surface area contributed by atoms with Gasteiger partial charge < -0.3 is 4.98 Å². The van der Waals surface area contributed by atoms with E-state index >= 15 is 0 Å². The number of benzene rings is 1. The van der Waals surface area contributed by atoms with Crippen LogP contribution in [0.15, 0.2) is 27.5 Å². The van der Waals surface area contributed by atoms with Gasteiger partial charge in [0.25, 0.3) is 5.56 Å². The average molecular weight is 295 g/mol. The third kappa shape index (κ3) is 2.75. The Morgan fingerprint density at radius 3 is 2.94 bits per heavy atom. The minimum absolute atomic E-state index is 0.0611. The number of unbranched alkanes of at least 4 members (excludes halogenated alkanes) is 2. The summed E-state index contributed by atoms with van der Waals surface area (Å²) in [5.41, 5.74) is 0.698. The smallest absolute Gasteiger partial charge is 0.259 e. The molecule has 1 aromatic carbocycles. The molecule has 3 nitrogen and oxygen atoms in total. The molecular weight excluding hydrogens is 280 g/mol. The van der Waals surface area contributed by atoms with Gasteiger partial charge in [0.05, 0.1) is 10.9 Å². The molecule has 0 aliphatic carbocycles. The van der Waals surface area contributed by atoms with Gasteiger partial charge in [-0.15, -0.1) is 0 Å². The number of nitrogens with one attached hydrogen (secondary N) is 1. The summed E-state index contributed by atoms with van der Waals surface area (Å²) in [5, 5.41) is 0.631. The molecule has 0 atom stereocenters. The largest absolute Gasteiger partial charge is 0.310 e. The van der Waals surface area contributed by atoms with Crippen LogP contribution in [0.4, 0.5) is 0 Å². The number of halogens is 1. The minimum Gasteiger partial charge on any atom is -0.310 e. The Hall–Kier alpha value is -1.16. The Morgan fingerprint density at radius 1 is 1.35 bits per heavy atom. The zero-order valence-electron chi connectivity index (χ0n) is 9.79. The molecule has 4 heteroatoms. The summed E-state index contributed by atoms with van der Waals surface area (Å²) in [4.78, 5) is 19.3. The van der Waals surface area contributed by atoms with Crippen LogP contribution in [0.25, 0.3) is 10.9 Å². The molecule has 0 saturated heterocycles. The minimum atomic E-state index is -0.0611. The lowest BCUT2D eigenvalue weighted by atomic mass is 10.2. The van der Waals surface area contributed by atoms with E-state index in [1.165, 1.54) is 12.8 Å². The third-order valence-corrected chi connectivity index (χ3v) is 3.41. The highest BCUT2D eigenvalue weighted by atomic mass is 79.9. The van der Waals surface area contributed by atoms with Crippen LogP contribution in [0.5, 0.6) is 0 Å². The van der Waals surface area contributed by atoms with Crippen molar-refractivity contribution >= 4 is 26.8 Å². The van der Waals surface area contributed by atoms with Crippen molar-refractivity contribution in [1.82, 2.24) is 9.97 Å². The van der Waals surface area contributed by atoms with Crippen LogP contribution >= 0.6 is 15.9 Å². The van der Waals surface area contributed by atoms with Gasteiger partial charge in [0.1, 0.15) is 5.82 Å². The molecule has 0 amide bonds. The maximum Gasteiger partial charge on any atom is 0.259 e. The van der Waals surface area contributed by atoms with Gasteiger partial charge in [0, 0.05) is 10.9 Å². The van der Waals surface area contributed by atoms with Crippen molar-refractivity contribution in [3.63, 3.8) is 0 Å². The lowest BCUT2D eigenvalue weighted by molar-refractivity contribution is 0.694. The molecule has 0 aliphatic rings. The van der Waals surface area contributed by atoms with Crippen molar-refractivity contribution in [1.29, 1.82) is 0 Å². The van der Waals surface area contributed by atoms with Crippen molar-refractivity contribution < 1.29 is 0 Å². The summed E-state index contributed by atoms with van der Waals surface area (Å²) in [6, 6.07) is 5.63. The monoisotopic (exact) mass is 294 g/mol. The first kappa shape index (κ1) is 12.3. The van der Waals surface area contributed by atoms with E-state index < -0.39 is 0 Å². The third-order valence-electron chi connectivity index (χ3n) is 2.75. The maximum absolute atomic E-state index is 11.9. The van der Waals surface area contributed by atoms with Gasteiger partial charge in [-0.25, -0.2) is 4.98 Å². The molecular formula is C13H15BrN2O. The number of hydrogen-bond donors (Lipinski definition) is 1. The lowest BCUT2D eigenvalue weighted by Crippen LogP contribution is -2.12. The van der Waals surface area contributed by atoms with Crippen molar-refractivity contribution in [3.8, 4) is 0 Å². The van der Waals surface area contributed by atoms with Gasteiger partial charge in [0.15, 0.2) is 0 Å². The molecule has 2 aromatic rings. The average Bonchev–Trinajstić information content (AvgIpc) is 2.29. The summed E-state index contributed by atoms with van der Waals surface area (Å²) in [6.45, 7) is 2.16. The lowest BCUT2D eigenvalue weighted by Gasteiger charge is -2.03. The normalized spacial score (nSPS) is 10.9. The fourth-order valence-corrected chi connectivity index (χ4v) is 2.39. The van der Waals surface area contributed by atoms with Gasteiger partial charge in [-0.05, 0) is 34.5 Å². The number of fused-ring (bicyclic) bond motifs is 1. The second-order valence-corrected chi connectivity index (χ2v) is 4.96. The molecule has 0 unspecified atom stereocenters. The number of nitrogens with zero attached hydrogens (tertiary/aromatic N) is 1. The van der Waals surface area contributed by atoms with Crippen LogP contribution < -0.4 is 5.56 Å². The van der Waals surface area contributed by atoms with Crippen LogP contribution in [-0.4, -0.2) is 9.97 Å². The standard InChI is InChI=1S/C13H15BrN2O/c1-2-3-4-8-11-15-10-7-5-6-9(14)12(10)13(17)16-11/h5-7H,2-4,8H2,1H3,(H,15,16,17). The SMILES string of the molecule is CCCCCc1nc2cccc(Br)c2c(=O)[nH]1. The van der Waals surface area contributed by atoms with E-state index in [9.17, 15) is 4.79 Å².